The van der Waals surface area contributed by atoms with Crippen LogP contribution in [0.5, 0.6) is 11.5 Å². The summed E-state index contributed by atoms with van der Waals surface area (Å²) < 4.78 is 5.70. The van der Waals surface area contributed by atoms with Crippen LogP contribution >= 0.6 is 0 Å². The second-order valence-electron chi connectivity index (χ2n) is 3.91. The molecular formula is C15H15NO2. The van der Waals surface area contributed by atoms with Crippen molar-refractivity contribution in [2.24, 2.45) is 0 Å². The van der Waals surface area contributed by atoms with Crippen molar-refractivity contribution in [3.8, 4) is 11.5 Å². The lowest BCUT2D eigenvalue weighted by molar-refractivity contribution is -0.119. The highest BCUT2D eigenvalue weighted by Gasteiger charge is 2.03. The van der Waals surface area contributed by atoms with E-state index in [1.165, 1.54) is 0 Å². The Hall–Kier alpha value is -2.29. The second-order valence-corrected chi connectivity index (χ2v) is 3.91. The van der Waals surface area contributed by atoms with Crippen molar-refractivity contribution < 1.29 is 9.53 Å². The number of amides is 1. The zero-order valence-electron chi connectivity index (χ0n) is 10.2. The molecule has 0 fully saturated rings. The molecule has 0 aliphatic carbocycles. The van der Waals surface area contributed by atoms with E-state index >= 15 is 0 Å². The Morgan fingerprint density at radius 1 is 1.06 bits per heavy atom. The van der Waals surface area contributed by atoms with Gasteiger partial charge in [-0.2, -0.15) is 0 Å². The lowest BCUT2D eigenvalue weighted by Crippen LogP contribution is -2.19. The predicted octanol–water partition coefficient (Wildman–Crippen LogP) is 2.77. The Kier molecular flexibility index (Phi) is 3.97. The molecule has 0 spiro atoms. The number of nitrogens with one attached hydrogen (secondary N) is 1. The maximum Gasteiger partial charge on any atom is 0.224 e. The summed E-state index contributed by atoms with van der Waals surface area (Å²) in [4.78, 5) is 11.3. The fourth-order valence-electron chi connectivity index (χ4n) is 1.62. The first kappa shape index (κ1) is 12.2. The van der Waals surface area contributed by atoms with Crippen molar-refractivity contribution >= 4 is 5.91 Å². The van der Waals surface area contributed by atoms with Crippen molar-refractivity contribution in [2.75, 3.05) is 7.05 Å². The highest BCUT2D eigenvalue weighted by molar-refractivity contribution is 5.78. The molecule has 3 nitrogen and oxygen atoms in total. The standard InChI is InChI=1S/C15H15NO2/c1-16-15(17)11-12-6-5-9-14(10-12)18-13-7-3-2-4-8-13/h2-10H,11H2,1H3,(H,16,17). The first-order valence-electron chi connectivity index (χ1n) is 5.80. The third-order valence-electron chi connectivity index (χ3n) is 2.52. The molecule has 0 atom stereocenters. The molecule has 0 saturated heterocycles. The zero-order valence-corrected chi connectivity index (χ0v) is 10.2. The van der Waals surface area contributed by atoms with Crippen molar-refractivity contribution in [2.45, 2.75) is 6.42 Å². The van der Waals surface area contributed by atoms with E-state index in [0.29, 0.717) is 6.42 Å². The summed E-state index contributed by atoms with van der Waals surface area (Å²) in [6, 6.07) is 17.1. The second kappa shape index (κ2) is 5.87. The number of carbonyl (C=O) groups excluding carboxylic acids is 1. The van der Waals surface area contributed by atoms with Gasteiger partial charge in [-0.3, -0.25) is 4.79 Å². The molecule has 2 rings (SSSR count). The normalized spacial score (nSPS) is 9.83. The van der Waals surface area contributed by atoms with Crippen molar-refractivity contribution in [1.29, 1.82) is 0 Å². The highest BCUT2D eigenvalue weighted by Crippen LogP contribution is 2.21. The smallest absolute Gasteiger partial charge is 0.224 e. The van der Waals surface area contributed by atoms with E-state index in [4.69, 9.17) is 4.74 Å². The molecule has 0 unspecified atom stereocenters. The van der Waals surface area contributed by atoms with Gasteiger partial charge in [0.2, 0.25) is 5.91 Å². The van der Waals surface area contributed by atoms with E-state index in [9.17, 15) is 4.79 Å². The van der Waals surface area contributed by atoms with Crippen LogP contribution in [0, 0.1) is 0 Å². The minimum absolute atomic E-state index is 0.00754. The number of para-hydroxylation sites is 1. The van der Waals surface area contributed by atoms with Crippen LogP contribution in [0.2, 0.25) is 0 Å². The first-order valence-corrected chi connectivity index (χ1v) is 5.80. The first-order chi connectivity index (χ1) is 8.78. The lowest BCUT2D eigenvalue weighted by Gasteiger charge is -2.07. The molecule has 0 aliphatic heterocycles. The summed E-state index contributed by atoms with van der Waals surface area (Å²) in [5.74, 6) is 1.52. The van der Waals surface area contributed by atoms with E-state index < -0.39 is 0 Å². The Labute approximate surface area is 106 Å². The van der Waals surface area contributed by atoms with Gasteiger partial charge >= 0.3 is 0 Å². The third kappa shape index (κ3) is 3.35. The van der Waals surface area contributed by atoms with Gasteiger partial charge in [0.05, 0.1) is 6.42 Å². The summed E-state index contributed by atoms with van der Waals surface area (Å²) in [7, 11) is 1.63. The van der Waals surface area contributed by atoms with E-state index in [1.807, 2.05) is 54.6 Å². The molecule has 0 heterocycles. The molecule has 0 aliphatic rings. The van der Waals surface area contributed by atoms with Crippen LogP contribution < -0.4 is 10.1 Å². The summed E-state index contributed by atoms with van der Waals surface area (Å²) in [6.45, 7) is 0. The molecule has 1 amide bonds. The van der Waals surface area contributed by atoms with Crippen LogP contribution in [0.15, 0.2) is 54.6 Å². The van der Waals surface area contributed by atoms with Crippen LogP contribution in [-0.2, 0) is 11.2 Å². The Balaban J connectivity index is 2.10. The monoisotopic (exact) mass is 241 g/mol. The largest absolute Gasteiger partial charge is 0.457 e. The van der Waals surface area contributed by atoms with Crippen LogP contribution in [0.1, 0.15) is 5.56 Å². The van der Waals surface area contributed by atoms with Gasteiger partial charge in [0.15, 0.2) is 0 Å². The fraction of sp³-hybridized carbons (Fsp3) is 0.133. The maximum atomic E-state index is 11.3. The SMILES string of the molecule is CNC(=O)Cc1cccc(Oc2ccccc2)c1. The molecule has 0 radical (unpaired) electrons. The van der Waals surface area contributed by atoms with Crippen molar-refractivity contribution in [3.05, 3.63) is 60.2 Å². The summed E-state index contributed by atoms with van der Waals surface area (Å²) in [6.07, 6.45) is 0.364. The van der Waals surface area contributed by atoms with Gasteiger partial charge in [0, 0.05) is 7.05 Å². The Morgan fingerprint density at radius 3 is 2.50 bits per heavy atom. The Morgan fingerprint density at radius 2 is 1.78 bits per heavy atom. The minimum Gasteiger partial charge on any atom is -0.457 e. The van der Waals surface area contributed by atoms with E-state index in [1.54, 1.807) is 7.05 Å². The van der Waals surface area contributed by atoms with Gasteiger partial charge in [-0.05, 0) is 29.8 Å². The van der Waals surface area contributed by atoms with Gasteiger partial charge in [0.1, 0.15) is 11.5 Å². The number of carbonyl (C=O) groups is 1. The molecule has 0 saturated carbocycles. The van der Waals surface area contributed by atoms with Crippen LogP contribution in [0.25, 0.3) is 0 Å². The highest BCUT2D eigenvalue weighted by atomic mass is 16.5. The average Bonchev–Trinajstić information content (AvgIpc) is 2.40. The number of rotatable bonds is 4. The topological polar surface area (TPSA) is 38.3 Å². The molecule has 92 valence electrons. The molecular weight excluding hydrogens is 226 g/mol. The Bertz CT molecular complexity index is 523. The number of likely N-dealkylation sites (N-methyl/N-ethyl adjacent to an activating group) is 1. The number of ether oxygens (including phenoxy) is 1. The average molecular weight is 241 g/mol. The number of hydrogen-bond donors (Lipinski definition) is 1. The van der Waals surface area contributed by atoms with Crippen molar-refractivity contribution in [3.63, 3.8) is 0 Å². The van der Waals surface area contributed by atoms with E-state index in [0.717, 1.165) is 17.1 Å². The van der Waals surface area contributed by atoms with E-state index in [-0.39, 0.29) is 5.91 Å². The van der Waals surface area contributed by atoms with Gasteiger partial charge in [0.25, 0.3) is 0 Å². The molecule has 2 aromatic rings. The van der Waals surface area contributed by atoms with Crippen LogP contribution in [-0.4, -0.2) is 13.0 Å². The maximum absolute atomic E-state index is 11.3. The third-order valence-corrected chi connectivity index (χ3v) is 2.52. The van der Waals surface area contributed by atoms with Gasteiger partial charge in [-0.25, -0.2) is 0 Å². The summed E-state index contributed by atoms with van der Waals surface area (Å²) in [5.41, 5.74) is 0.933. The van der Waals surface area contributed by atoms with Crippen LogP contribution in [0.4, 0.5) is 0 Å². The summed E-state index contributed by atoms with van der Waals surface area (Å²) >= 11 is 0. The molecule has 0 aromatic heterocycles. The van der Waals surface area contributed by atoms with Gasteiger partial charge < -0.3 is 10.1 Å². The van der Waals surface area contributed by atoms with E-state index in [2.05, 4.69) is 5.32 Å². The molecule has 0 bridgehead atoms. The fourth-order valence-corrected chi connectivity index (χ4v) is 1.62. The minimum atomic E-state index is -0.00754. The molecule has 2 aromatic carbocycles. The number of hydrogen-bond acceptors (Lipinski definition) is 2. The quantitative estimate of drug-likeness (QED) is 0.893. The molecule has 3 heteroatoms. The molecule has 1 N–H and O–H groups in total. The summed E-state index contributed by atoms with van der Waals surface area (Å²) in [5, 5.41) is 2.60. The number of benzene rings is 2. The van der Waals surface area contributed by atoms with Gasteiger partial charge in [-0.15, -0.1) is 0 Å². The van der Waals surface area contributed by atoms with Crippen molar-refractivity contribution in [1.82, 2.24) is 5.32 Å². The van der Waals surface area contributed by atoms with Crippen LogP contribution in [0.3, 0.4) is 0 Å². The molecule has 18 heavy (non-hydrogen) atoms. The van der Waals surface area contributed by atoms with Gasteiger partial charge in [-0.1, -0.05) is 30.3 Å². The lowest BCUT2D eigenvalue weighted by atomic mass is 10.1. The zero-order chi connectivity index (χ0) is 12.8. The predicted molar refractivity (Wildman–Crippen MR) is 70.7 cm³/mol.